The predicted octanol–water partition coefficient (Wildman–Crippen LogP) is 3.54. The first-order chi connectivity index (χ1) is 10.9. The van der Waals surface area contributed by atoms with E-state index in [1.54, 1.807) is 12.1 Å². The summed E-state index contributed by atoms with van der Waals surface area (Å²) in [7, 11) is 0. The van der Waals surface area contributed by atoms with Gasteiger partial charge in [0, 0.05) is 5.56 Å². The molecule has 1 aromatic heterocycles. The van der Waals surface area contributed by atoms with Gasteiger partial charge in [-0.1, -0.05) is 12.1 Å². The van der Waals surface area contributed by atoms with Crippen LogP contribution in [0.15, 0.2) is 39.6 Å². The van der Waals surface area contributed by atoms with Crippen molar-refractivity contribution in [2.24, 2.45) is 0 Å². The first-order valence-electron chi connectivity index (χ1n) is 7.20. The molecule has 5 heteroatoms. The van der Waals surface area contributed by atoms with Gasteiger partial charge < -0.3 is 19.4 Å². The van der Waals surface area contributed by atoms with Crippen LogP contribution in [0.1, 0.15) is 19.4 Å². The number of aromatic hydroxyl groups is 2. The number of rotatable bonds is 0. The Labute approximate surface area is 131 Å². The van der Waals surface area contributed by atoms with E-state index in [4.69, 9.17) is 9.15 Å². The normalized spacial score (nSPS) is 15.6. The van der Waals surface area contributed by atoms with E-state index >= 15 is 0 Å². The van der Waals surface area contributed by atoms with Gasteiger partial charge in [-0.15, -0.1) is 0 Å². The molecule has 0 spiro atoms. The number of fused-ring (bicyclic) bond motifs is 4. The van der Waals surface area contributed by atoms with Gasteiger partial charge in [-0.3, -0.25) is 4.79 Å². The summed E-state index contributed by atoms with van der Waals surface area (Å²) in [4.78, 5) is 12.7. The highest BCUT2D eigenvalue weighted by molar-refractivity contribution is 5.98. The molecule has 4 rings (SSSR count). The molecule has 0 fully saturated rings. The molecule has 0 amide bonds. The van der Waals surface area contributed by atoms with Crippen molar-refractivity contribution in [2.75, 3.05) is 0 Å². The van der Waals surface area contributed by atoms with Crippen molar-refractivity contribution in [3.8, 4) is 17.2 Å². The zero-order valence-electron chi connectivity index (χ0n) is 12.6. The first kappa shape index (κ1) is 13.7. The summed E-state index contributed by atoms with van der Waals surface area (Å²) in [6.07, 6.45) is 3.83. The first-order valence-corrected chi connectivity index (χ1v) is 7.20. The summed E-state index contributed by atoms with van der Waals surface area (Å²) in [6, 6.07) is 5.95. The predicted molar refractivity (Wildman–Crippen MR) is 87.1 cm³/mol. The molecule has 2 N–H and O–H groups in total. The highest BCUT2D eigenvalue weighted by atomic mass is 16.5. The van der Waals surface area contributed by atoms with E-state index in [-0.39, 0.29) is 28.1 Å². The Morgan fingerprint density at radius 2 is 1.74 bits per heavy atom. The average Bonchev–Trinajstić information content (AvgIpc) is 2.50. The molecule has 0 atom stereocenters. The average molecular weight is 310 g/mol. The van der Waals surface area contributed by atoms with Crippen LogP contribution in [0, 0.1) is 0 Å². The van der Waals surface area contributed by atoms with Crippen LogP contribution in [-0.2, 0) is 0 Å². The van der Waals surface area contributed by atoms with E-state index in [2.05, 4.69) is 0 Å². The Hall–Kier alpha value is -2.95. The molecule has 0 saturated heterocycles. The zero-order valence-corrected chi connectivity index (χ0v) is 12.6. The number of hydrogen-bond donors (Lipinski definition) is 2. The minimum Gasteiger partial charge on any atom is -0.507 e. The van der Waals surface area contributed by atoms with E-state index < -0.39 is 11.0 Å². The Kier molecular flexibility index (Phi) is 2.55. The van der Waals surface area contributed by atoms with Crippen LogP contribution >= 0.6 is 0 Å². The van der Waals surface area contributed by atoms with Gasteiger partial charge in [0.05, 0.1) is 5.39 Å². The molecule has 0 saturated carbocycles. The fraction of sp³-hybridized carbons (Fsp3) is 0.167. The molecule has 116 valence electrons. The Bertz CT molecular complexity index is 1060. The zero-order chi connectivity index (χ0) is 16.4. The molecule has 2 heterocycles. The lowest BCUT2D eigenvalue weighted by Crippen LogP contribution is -2.27. The van der Waals surface area contributed by atoms with E-state index in [1.165, 1.54) is 12.1 Å². The van der Waals surface area contributed by atoms with Crippen molar-refractivity contribution in [1.82, 2.24) is 0 Å². The second kappa shape index (κ2) is 4.29. The number of benzene rings is 2. The lowest BCUT2D eigenvalue weighted by Gasteiger charge is -2.28. The molecule has 1 aliphatic heterocycles. The highest BCUT2D eigenvalue weighted by Gasteiger charge is 2.26. The minimum absolute atomic E-state index is 0.0388. The van der Waals surface area contributed by atoms with Gasteiger partial charge in [0.15, 0.2) is 22.7 Å². The van der Waals surface area contributed by atoms with Crippen molar-refractivity contribution < 1.29 is 19.4 Å². The second-order valence-corrected chi connectivity index (χ2v) is 6.14. The summed E-state index contributed by atoms with van der Waals surface area (Å²) in [6.45, 7) is 3.79. The Balaban J connectivity index is 2.20. The maximum absolute atomic E-state index is 12.7. The van der Waals surface area contributed by atoms with Gasteiger partial charge in [0.2, 0.25) is 5.43 Å². The lowest BCUT2D eigenvalue weighted by molar-refractivity contribution is 0.159. The number of hydrogen-bond acceptors (Lipinski definition) is 5. The van der Waals surface area contributed by atoms with E-state index in [9.17, 15) is 15.0 Å². The number of phenols is 2. The third-order valence-electron chi connectivity index (χ3n) is 3.96. The summed E-state index contributed by atoms with van der Waals surface area (Å²) >= 11 is 0. The van der Waals surface area contributed by atoms with Crippen LogP contribution < -0.4 is 10.2 Å². The molecule has 0 aliphatic carbocycles. The molecule has 3 aromatic rings. The van der Waals surface area contributed by atoms with Gasteiger partial charge in [-0.25, -0.2) is 0 Å². The standard InChI is InChI=1S/C18H14O5/c1-18(2)8-7-9-3-4-10-14(21)13-11(19)5-6-12(20)17(13)22-16(10)15(9)23-18/h3-8,19-20H,1-2H3. The van der Waals surface area contributed by atoms with Gasteiger partial charge in [-0.2, -0.15) is 0 Å². The molecule has 0 radical (unpaired) electrons. The highest BCUT2D eigenvalue weighted by Crippen LogP contribution is 2.39. The smallest absolute Gasteiger partial charge is 0.204 e. The summed E-state index contributed by atoms with van der Waals surface area (Å²) in [5, 5.41) is 20.2. The van der Waals surface area contributed by atoms with Gasteiger partial charge in [0.1, 0.15) is 16.7 Å². The second-order valence-electron chi connectivity index (χ2n) is 6.14. The topological polar surface area (TPSA) is 79.9 Å². The SMILES string of the molecule is CC1(C)C=Cc2ccc3c(=O)c4c(O)ccc(O)c4oc3c2O1. The van der Waals surface area contributed by atoms with Crippen LogP contribution in [0.25, 0.3) is 28.0 Å². The van der Waals surface area contributed by atoms with Gasteiger partial charge >= 0.3 is 0 Å². The maximum Gasteiger partial charge on any atom is 0.204 e. The van der Waals surface area contributed by atoms with E-state index in [0.717, 1.165) is 5.56 Å². The van der Waals surface area contributed by atoms with Crippen molar-refractivity contribution in [1.29, 1.82) is 0 Å². The monoisotopic (exact) mass is 310 g/mol. The summed E-state index contributed by atoms with van der Waals surface area (Å²) in [5.74, 6) is 0.0177. The van der Waals surface area contributed by atoms with Gasteiger partial charge in [-0.05, 0) is 38.1 Å². The van der Waals surface area contributed by atoms with Crippen molar-refractivity contribution >= 4 is 28.0 Å². The third kappa shape index (κ3) is 1.90. The van der Waals surface area contributed by atoms with Crippen molar-refractivity contribution in [2.45, 2.75) is 19.4 Å². The van der Waals surface area contributed by atoms with Crippen LogP contribution in [0.5, 0.6) is 17.2 Å². The molecule has 0 bridgehead atoms. The molecule has 5 nitrogen and oxygen atoms in total. The molecular weight excluding hydrogens is 296 g/mol. The fourth-order valence-corrected chi connectivity index (χ4v) is 2.80. The molecule has 1 aliphatic rings. The van der Waals surface area contributed by atoms with E-state index in [0.29, 0.717) is 11.1 Å². The van der Waals surface area contributed by atoms with Crippen LogP contribution in [0.2, 0.25) is 0 Å². The van der Waals surface area contributed by atoms with Crippen LogP contribution in [0.3, 0.4) is 0 Å². The van der Waals surface area contributed by atoms with Crippen molar-refractivity contribution in [3.05, 3.63) is 46.1 Å². The summed E-state index contributed by atoms with van der Waals surface area (Å²) in [5.41, 5.74) is 0.0629. The lowest BCUT2D eigenvalue weighted by atomic mass is 10.0. The van der Waals surface area contributed by atoms with Crippen LogP contribution in [-0.4, -0.2) is 15.8 Å². The molecule has 23 heavy (non-hydrogen) atoms. The molecule has 2 aromatic carbocycles. The van der Waals surface area contributed by atoms with E-state index in [1.807, 2.05) is 26.0 Å². The van der Waals surface area contributed by atoms with Crippen LogP contribution in [0.4, 0.5) is 0 Å². The quantitative estimate of drug-likeness (QED) is 0.490. The minimum atomic E-state index is -0.532. The summed E-state index contributed by atoms with van der Waals surface area (Å²) < 4.78 is 11.7. The molecule has 0 unspecified atom stereocenters. The number of ether oxygens (including phenoxy) is 1. The fourth-order valence-electron chi connectivity index (χ4n) is 2.80. The number of phenolic OH excluding ortho intramolecular Hbond substituents is 2. The molecular formula is C18H14O5. The maximum atomic E-state index is 12.7. The Morgan fingerprint density at radius 3 is 2.52 bits per heavy atom. The largest absolute Gasteiger partial charge is 0.507 e. The van der Waals surface area contributed by atoms with Crippen molar-refractivity contribution in [3.63, 3.8) is 0 Å². The third-order valence-corrected chi connectivity index (χ3v) is 3.96. The van der Waals surface area contributed by atoms with Gasteiger partial charge in [0.25, 0.3) is 0 Å². The Morgan fingerprint density at radius 1 is 1.00 bits per heavy atom.